The van der Waals surface area contributed by atoms with Crippen molar-refractivity contribution in [3.63, 3.8) is 0 Å². The molecular formula is C23H32Cl2N2O2. The van der Waals surface area contributed by atoms with Gasteiger partial charge in [0.05, 0.1) is 0 Å². The van der Waals surface area contributed by atoms with Gasteiger partial charge in [-0.15, -0.1) is 24.8 Å². The highest BCUT2D eigenvalue weighted by Gasteiger charge is 2.37. The predicted octanol–water partition coefficient (Wildman–Crippen LogP) is 4.32. The summed E-state index contributed by atoms with van der Waals surface area (Å²) in [5.41, 5.74) is 2.60. The number of hydrogen-bond donors (Lipinski definition) is 1. The molecule has 4 rings (SSSR count). The number of aryl methyl sites for hydroxylation is 1. The van der Waals surface area contributed by atoms with Gasteiger partial charge in [0.1, 0.15) is 18.0 Å². The van der Waals surface area contributed by atoms with Crippen molar-refractivity contribution in [2.24, 2.45) is 0 Å². The van der Waals surface area contributed by atoms with E-state index in [1.807, 2.05) is 30.3 Å². The summed E-state index contributed by atoms with van der Waals surface area (Å²) in [5.74, 6) is 0.853. The van der Waals surface area contributed by atoms with Crippen molar-refractivity contribution in [3.8, 4) is 5.75 Å². The molecule has 2 aromatic rings. The number of anilines is 1. The van der Waals surface area contributed by atoms with Crippen LogP contribution < -0.4 is 9.64 Å². The lowest BCUT2D eigenvalue weighted by molar-refractivity contribution is -0.0546. The molecule has 2 fully saturated rings. The number of halogens is 2. The highest BCUT2D eigenvalue weighted by atomic mass is 35.5. The minimum atomic E-state index is -0.426. The number of para-hydroxylation sites is 1. The standard InChI is InChI=1S/C23H30N2O2.2ClH/c1-18-10-12-19(13-11-18)24-14-16-25(17-15-24)21-8-5-9-22(23(21)26)27-20-6-3-2-4-7-20;;/h2-4,6-7,10-13,21-23,26H,5,8-9,14-17H2,1H3;2*1H/t21-,22+,23+;;/m0../s1. The molecule has 2 aliphatic rings. The van der Waals surface area contributed by atoms with Crippen molar-refractivity contribution >= 4 is 30.5 Å². The van der Waals surface area contributed by atoms with Crippen molar-refractivity contribution in [2.75, 3.05) is 31.1 Å². The van der Waals surface area contributed by atoms with Crippen molar-refractivity contribution < 1.29 is 9.84 Å². The molecule has 2 aromatic carbocycles. The SMILES string of the molecule is Cc1ccc(N2CCN([C@H]3CCC[C@@H](Oc4ccccc4)[C@@H]3O)CC2)cc1.Cl.Cl. The molecular weight excluding hydrogens is 407 g/mol. The van der Waals surface area contributed by atoms with Crippen molar-refractivity contribution in [3.05, 3.63) is 60.2 Å². The Bertz CT molecular complexity index is 721. The lowest BCUT2D eigenvalue weighted by atomic mass is 9.88. The third kappa shape index (κ3) is 5.79. The van der Waals surface area contributed by atoms with Crippen LogP contribution in [0.4, 0.5) is 5.69 Å². The van der Waals surface area contributed by atoms with E-state index >= 15 is 0 Å². The number of ether oxygens (including phenoxy) is 1. The highest BCUT2D eigenvalue weighted by Crippen LogP contribution is 2.28. The number of hydrogen-bond acceptors (Lipinski definition) is 4. The van der Waals surface area contributed by atoms with E-state index in [0.29, 0.717) is 0 Å². The molecule has 6 heteroatoms. The maximum atomic E-state index is 11.0. The number of piperazine rings is 1. The molecule has 0 unspecified atom stereocenters. The zero-order valence-corrected chi connectivity index (χ0v) is 18.6. The minimum absolute atomic E-state index is 0. The average molecular weight is 439 g/mol. The molecule has 4 nitrogen and oxygen atoms in total. The Morgan fingerprint density at radius 1 is 0.862 bits per heavy atom. The molecule has 0 spiro atoms. The van der Waals surface area contributed by atoms with Crippen LogP contribution in [0.25, 0.3) is 0 Å². The van der Waals surface area contributed by atoms with Crippen LogP contribution >= 0.6 is 24.8 Å². The molecule has 160 valence electrons. The molecule has 1 N–H and O–H groups in total. The lowest BCUT2D eigenvalue weighted by Gasteiger charge is -2.45. The van der Waals surface area contributed by atoms with Gasteiger partial charge in [-0.1, -0.05) is 35.9 Å². The van der Waals surface area contributed by atoms with Gasteiger partial charge in [0.2, 0.25) is 0 Å². The summed E-state index contributed by atoms with van der Waals surface area (Å²) in [6, 6.07) is 18.9. The molecule has 0 bridgehead atoms. The first-order valence-corrected chi connectivity index (χ1v) is 10.2. The number of nitrogens with zero attached hydrogens (tertiary/aromatic N) is 2. The van der Waals surface area contributed by atoms with Crippen LogP contribution in [-0.2, 0) is 0 Å². The third-order valence-corrected chi connectivity index (χ3v) is 5.98. The van der Waals surface area contributed by atoms with Gasteiger partial charge in [-0.3, -0.25) is 4.90 Å². The molecule has 3 atom stereocenters. The van der Waals surface area contributed by atoms with Gasteiger partial charge >= 0.3 is 0 Å². The summed E-state index contributed by atoms with van der Waals surface area (Å²) in [6.07, 6.45) is 2.55. The van der Waals surface area contributed by atoms with Crippen LogP contribution in [0.3, 0.4) is 0 Å². The third-order valence-electron chi connectivity index (χ3n) is 5.98. The summed E-state index contributed by atoms with van der Waals surface area (Å²) in [5, 5.41) is 11.0. The van der Waals surface area contributed by atoms with E-state index in [-0.39, 0.29) is 37.0 Å². The van der Waals surface area contributed by atoms with Gasteiger partial charge in [0, 0.05) is 37.9 Å². The average Bonchev–Trinajstić information content (AvgIpc) is 2.71. The van der Waals surface area contributed by atoms with Gasteiger partial charge in [-0.2, -0.15) is 0 Å². The summed E-state index contributed by atoms with van der Waals surface area (Å²) >= 11 is 0. The first-order chi connectivity index (χ1) is 13.2. The zero-order chi connectivity index (χ0) is 18.6. The van der Waals surface area contributed by atoms with Crippen LogP contribution in [0, 0.1) is 6.92 Å². The monoisotopic (exact) mass is 438 g/mol. The van der Waals surface area contributed by atoms with E-state index in [1.165, 1.54) is 11.3 Å². The Labute approximate surface area is 186 Å². The maximum absolute atomic E-state index is 11.0. The largest absolute Gasteiger partial charge is 0.488 e. The molecule has 1 heterocycles. The van der Waals surface area contributed by atoms with E-state index in [2.05, 4.69) is 41.0 Å². The fraction of sp³-hybridized carbons (Fsp3) is 0.478. The van der Waals surface area contributed by atoms with Crippen LogP contribution in [-0.4, -0.2) is 54.4 Å². The Hall–Kier alpha value is -1.46. The summed E-state index contributed by atoms with van der Waals surface area (Å²) in [6.45, 7) is 6.13. The van der Waals surface area contributed by atoms with Crippen molar-refractivity contribution in [1.29, 1.82) is 0 Å². The maximum Gasteiger partial charge on any atom is 0.126 e. The van der Waals surface area contributed by atoms with E-state index in [0.717, 1.165) is 51.2 Å². The van der Waals surface area contributed by atoms with Gasteiger partial charge in [-0.05, 0) is 50.5 Å². The number of benzene rings is 2. The first-order valence-electron chi connectivity index (χ1n) is 10.2. The Kier molecular flexibility index (Phi) is 9.09. The second-order valence-corrected chi connectivity index (χ2v) is 7.82. The quantitative estimate of drug-likeness (QED) is 0.770. The summed E-state index contributed by atoms with van der Waals surface area (Å²) < 4.78 is 6.10. The van der Waals surface area contributed by atoms with Crippen LogP contribution in [0.15, 0.2) is 54.6 Å². The number of aliphatic hydroxyl groups is 1. The van der Waals surface area contributed by atoms with Gasteiger partial charge in [0.25, 0.3) is 0 Å². The number of rotatable bonds is 4. The molecule has 1 aliphatic carbocycles. The molecule has 0 aromatic heterocycles. The van der Waals surface area contributed by atoms with E-state index in [4.69, 9.17) is 4.74 Å². The summed E-state index contributed by atoms with van der Waals surface area (Å²) in [4.78, 5) is 4.92. The highest BCUT2D eigenvalue weighted by molar-refractivity contribution is 5.85. The number of aliphatic hydroxyl groups excluding tert-OH is 1. The molecule has 1 saturated carbocycles. The Morgan fingerprint density at radius 3 is 2.17 bits per heavy atom. The van der Waals surface area contributed by atoms with E-state index in [9.17, 15) is 5.11 Å². The summed E-state index contributed by atoms with van der Waals surface area (Å²) in [7, 11) is 0. The van der Waals surface area contributed by atoms with Crippen LogP contribution in [0.1, 0.15) is 24.8 Å². The van der Waals surface area contributed by atoms with Crippen LogP contribution in [0.5, 0.6) is 5.75 Å². The van der Waals surface area contributed by atoms with Gasteiger partial charge in [0.15, 0.2) is 0 Å². The van der Waals surface area contributed by atoms with Crippen LogP contribution in [0.2, 0.25) is 0 Å². The fourth-order valence-corrected chi connectivity index (χ4v) is 4.39. The van der Waals surface area contributed by atoms with Crippen molar-refractivity contribution in [1.82, 2.24) is 4.90 Å². The molecule has 1 saturated heterocycles. The smallest absolute Gasteiger partial charge is 0.126 e. The Balaban J connectivity index is 0.00000150. The first kappa shape index (κ1) is 23.8. The molecule has 29 heavy (non-hydrogen) atoms. The molecule has 0 amide bonds. The van der Waals surface area contributed by atoms with Crippen molar-refractivity contribution in [2.45, 2.75) is 44.4 Å². The van der Waals surface area contributed by atoms with E-state index in [1.54, 1.807) is 0 Å². The molecule has 0 radical (unpaired) electrons. The Morgan fingerprint density at radius 2 is 1.52 bits per heavy atom. The van der Waals surface area contributed by atoms with Gasteiger partial charge < -0.3 is 14.7 Å². The topological polar surface area (TPSA) is 35.9 Å². The fourth-order valence-electron chi connectivity index (χ4n) is 4.39. The second-order valence-electron chi connectivity index (χ2n) is 7.82. The normalized spacial score (nSPS) is 24.9. The lowest BCUT2D eigenvalue weighted by Crippen LogP contribution is -2.58. The molecule has 1 aliphatic heterocycles. The predicted molar refractivity (Wildman–Crippen MR) is 124 cm³/mol. The van der Waals surface area contributed by atoms with Gasteiger partial charge in [-0.25, -0.2) is 0 Å². The second kappa shape index (κ2) is 11.1. The van der Waals surface area contributed by atoms with E-state index < -0.39 is 6.10 Å². The minimum Gasteiger partial charge on any atom is -0.488 e. The zero-order valence-electron chi connectivity index (χ0n) is 16.9.